The summed E-state index contributed by atoms with van der Waals surface area (Å²) < 4.78 is 68.9. The first-order chi connectivity index (χ1) is 22.4. The molecule has 2 amide bonds. The Morgan fingerprint density at radius 1 is 1.19 bits per heavy atom. The first-order valence-electron chi connectivity index (χ1n) is 14.4. The van der Waals surface area contributed by atoms with Gasteiger partial charge in [-0.1, -0.05) is 6.92 Å². The fraction of sp³-hybridized carbons (Fsp3) is 0.379. The molecule has 250 valence electrons. The highest BCUT2D eigenvalue weighted by atomic mass is 19.4. The number of alkyl halides is 5. The summed E-state index contributed by atoms with van der Waals surface area (Å²) in [5, 5.41) is 19.3. The van der Waals surface area contributed by atoms with Gasteiger partial charge < -0.3 is 26.0 Å². The van der Waals surface area contributed by atoms with Crippen LogP contribution in [0.2, 0.25) is 0 Å². The summed E-state index contributed by atoms with van der Waals surface area (Å²) in [4.78, 5) is 44.0. The molecule has 2 aliphatic rings. The zero-order chi connectivity index (χ0) is 33.9. The molecular formula is C29H30F5N9O4. The van der Waals surface area contributed by atoms with Crippen molar-refractivity contribution in [2.45, 2.75) is 32.5 Å². The van der Waals surface area contributed by atoms with Gasteiger partial charge in [-0.15, -0.1) is 0 Å². The standard InChI is InChI=1S/C28H28F5N9O2.CH2O2/c1-2-16-7-17(3-4-18(16)26(44)37-9-22(43)40-14-27(15-40)12-34-13-27)38-24-25-36-8-20(42(25)6-5-35-24)19-10-41(11-21(29)30)39-23(19)28(31,32)33;2-1-3/h3-8,10,21,34H,2,9,11-15H2,1H3,(H,35,38)(H,37,44);1H,(H,2,3). The van der Waals surface area contributed by atoms with Crippen LogP contribution in [-0.2, 0) is 28.7 Å². The van der Waals surface area contributed by atoms with Crippen molar-refractivity contribution in [2.75, 3.05) is 38.0 Å². The third kappa shape index (κ3) is 7.01. The van der Waals surface area contributed by atoms with Crippen molar-refractivity contribution in [2.24, 2.45) is 5.41 Å². The predicted molar refractivity (Wildman–Crippen MR) is 157 cm³/mol. The minimum Gasteiger partial charge on any atom is -0.483 e. The lowest BCUT2D eigenvalue weighted by Crippen LogP contribution is -2.72. The van der Waals surface area contributed by atoms with Crippen molar-refractivity contribution in [1.29, 1.82) is 0 Å². The molecule has 3 aromatic heterocycles. The van der Waals surface area contributed by atoms with Crippen LogP contribution in [-0.4, -0.2) is 91.6 Å². The summed E-state index contributed by atoms with van der Waals surface area (Å²) in [6.45, 7) is 3.73. The molecule has 1 aromatic carbocycles. The molecule has 6 rings (SSSR count). The number of aromatic nitrogens is 5. The van der Waals surface area contributed by atoms with Gasteiger partial charge in [0.2, 0.25) is 5.91 Å². The molecule has 0 saturated carbocycles. The molecule has 0 aliphatic carbocycles. The van der Waals surface area contributed by atoms with Crippen molar-refractivity contribution >= 4 is 35.4 Å². The van der Waals surface area contributed by atoms with E-state index >= 15 is 0 Å². The minimum absolute atomic E-state index is 0.00754. The largest absolute Gasteiger partial charge is 0.483 e. The molecular weight excluding hydrogens is 633 g/mol. The molecule has 0 atom stereocenters. The second kappa shape index (κ2) is 13.3. The van der Waals surface area contributed by atoms with E-state index in [4.69, 9.17) is 9.90 Å². The average Bonchev–Trinajstić information content (AvgIpc) is 3.59. The highest BCUT2D eigenvalue weighted by Crippen LogP contribution is 2.37. The summed E-state index contributed by atoms with van der Waals surface area (Å²) in [5.74, 6) is -0.298. The lowest BCUT2D eigenvalue weighted by atomic mass is 9.74. The van der Waals surface area contributed by atoms with Crippen LogP contribution in [0.1, 0.15) is 28.5 Å². The molecule has 0 unspecified atom stereocenters. The lowest BCUT2D eigenvalue weighted by Gasteiger charge is -2.56. The topological polar surface area (TPSA) is 159 Å². The Labute approximate surface area is 263 Å². The average molecular weight is 664 g/mol. The molecule has 18 heteroatoms. The number of likely N-dealkylation sites (tertiary alicyclic amines) is 1. The van der Waals surface area contributed by atoms with Crippen LogP contribution in [0.3, 0.4) is 0 Å². The Hall–Kier alpha value is -5.13. The molecule has 2 saturated heterocycles. The molecule has 47 heavy (non-hydrogen) atoms. The molecule has 1 spiro atoms. The monoisotopic (exact) mass is 663 g/mol. The maximum absolute atomic E-state index is 13.7. The van der Waals surface area contributed by atoms with Crippen molar-refractivity contribution < 1.29 is 41.4 Å². The SMILES string of the molecule is CCc1cc(Nc2nccn3c(-c4cn(CC(F)F)nc4C(F)(F)F)cnc23)ccc1C(=O)NCC(=O)N1CC2(CNC2)C1.O=CO. The van der Waals surface area contributed by atoms with Gasteiger partial charge in [-0.25, -0.2) is 18.7 Å². The smallest absolute Gasteiger partial charge is 0.435 e. The molecule has 13 nitrogen and oxygen atoms in total. The number of anilines is 2. The number of hydrogen-bond donors (Lipinski definition) is 4. The molecule has 5 heterocycles. The van der Waals surface area contributed by atoms with E-state index in [0.29, 0.717) is 41.0 Å². The third-order valence-corrected chi connectivity index (χ3v) is 7.86. The molecule has 4 N–H and O–H groups in total. The van der Waals surface area contributed by atoms with E-state index in [2.05, 4.69) is 31.0 Å². The van der Waals surface area contributed by atoms with Crippen LogP contribution in [0.25, 0.3) is 16.9 Å². The maximum Gasteiger partial charge on any atom is 0.435 e. The van der Waals surface area contributed by atoms with Gasteiger partial charge >= 0.3 is 6.18 Å². The second-order valence-electron chi connectivity index (χ2n) is 11.1. The van der Waals surface area contributed by atoms with E-state index in [9.17, 15) is 31.5 Å². The van der Waals surface area contributed by atoms with E-state index in [1.54, 1.807) is 23.1 Å². The summed E-state index contributed by atoms with van der Waals surface area (Å²) in [7, 11) is 0. The van der Waals surface area contributed by atoms with Crippen LogP contribution in [0.5, 0.6) is 0 Å². The number of carbonyl (C=O) groups is 3. The highest BCUT2D eigenvalue weighted by Gasteiger charge is 2.49. The van der Waals surface area contributed by atoms with Gasteiger partial charge in [0.25, 0.3) is 18.8 Å². The summed E-state index contributed by atoms with van der Waals surface area (Å²) in [6.07, 6.45) is -2.39. The second-order valence-corrected chi connectivity index (χ2v) is 11.1. The third-order valence-electron chi connectivity index (χ3n) is 7.86. The zero-order valence-corrected chi connectivity index (χ0v) is 24.9. The van der Waals surface area contributed by atoms with E-state index in [1.807, 2.05) is 6.92 Å². The van der Waals surface area contributed by atoms with Crippen LogP contribution < -0.4 is 16.0 Å². The zero-order valence-electron chi connectivity index (χ0n) is 24.9. The number of amides is 2. The normalized spacial score (nSPS) is 15.1. The maximum atomic E-state index is 13.7. The Kier molecular flexibility index (Phi) is 9.41. The first-order valence-corrected chi connectivity index (χ1v) is 14.4. The summed E-state index contributed by atoms with van der Waals surface area (Å²) in [6, 6.07) is 5.00. The first kappa shape index (κ1) is 33.2. The Balaban J connectivity index is 0.00000139. The molecule has 0 radical (unpaired) electrons. The van der Waals surface area contributed by atoms with Gasteiger partial charge in [-0.3, -0.25) is 23.5 Å². The summed E-state index contributed by atoms with van der Waals surface area (Å²) >= 11 is 0. The highest BCUT2D eigenvalue weighted by molar-refractivity contribution is 5.98. The van der Waals surface area contributed by atoms with E-state index in [1.165, 1.54) is 23.0 Å². The number of fused-ring (bicyclic) bond motifs is 1. The number of benzene rings is 1. The van der Waals surface area contributed by atoms with Gasteiger partial charge in [0.1, 0.15) is 6.54 Å². The van der Waals surface area contributed by atoms with Crippen LogP contribution in [0, 0.1) is 5.41 Å². The van der Waals surface area contributed by atoms with Gasteiger partial charge in [-0.05, 0) is 30.2 Å². The van der Waals surface area contributed by atoms with Crippen LogP contribution in [0.4, 0.5) is 33.5 Å². The number of hydrogen-bond acceptors (Lipinski definition) is 8. The molecule has 2 fully saturated rings. The van der Waals surface area contributed by atoms with Crippen molar-refractivity contribution in [3.63, 3.8) is 0 Å². The predicted octanol–water partition coefficient (Wildman–Crippen LogP) is 3.05. The number of carboxylic acid groups (broad SMARTS) is 1. The summed E-state index contributed by atoms with van der Waals surface area (Å²) in [5.41, 5.74) is 0.302. The fourth-order valence-electron chi connectivity index (χ4n) is 5.59. The van der Waals surface area contributed by atoms with Crippen LogP contribution in [0.15, 0.2) is 43.0 Å². The molecule has 4 aromatic rings. The number of rotatable bonds is 9. The van der Waals surface area contributed by atoms with Gasteiger partial charge in [0.05, 0.1) is 24.0 Å². The molecule has 0 bridgehead atoms. The Bertz CT molecular complexity index is 1780. The van der Waals surface area contributed by atoms with Crippen molar-refractivity contribution in [3.05, 3.63) is 59.8 Å². The van der Waals surface area contributed by atoms with Crippen LogP contribution >= 0.6 is 0 Å². The number of nitrogens with one attached hydrogen (secondary N) is 3. The molecule has 2 aliphatic heterocycles. The lowest BCUT2D eigenvalue weighted by molar-refractivity contribution is -0.145. The Morgan fingerprint density at radius 3 is 2.53 bits per heavy atom. The van der Waals surface area contributed by atoms with E-state index in [-0.39, 0.29) is 47.4 Å². The van der Waals surface area contributed by atoms with Gasteiger partial charge in [-0.2, -0.15) is 18.3 Å². The fourth-order valence-corrected chi connectivity index (χ4v) is 5.59. The van der Waals surface area contributed by atoms with Gasteiger partial charge in [0.15, 0.2) is 17.2 Å². The van der Waals surface area contributed by atoms with E-state index < -0.39 is 30.4 Å². The number of carbonyl (C=O) groups excluding carboxylic acids is 2. The Morgan fingerprint density at radius 2 is 1.91 bits per heavy atom. The minimum atomic E-state index is -4.88. The van der Waals surface area contributed by atoms with Gasteiger partial charge in [0, 0.05) is 61.4 Å². The number of imidazole rings is 1. The number of halogens is 5. The number of nitrogens with zero attached hydrogens (tertiary/aromatic N) is 6. The quantitative estimate of drug-likeness (QED) is 0.156. The van der Waals surface area contributed by atoms with Crippen molar-refractivity contribution in [3.8, 4) is 11.3 Å². The number of aryl methyl sites for hydroxylation is 1. The van der Waals surface area contributed by atoms with E-state index in [0.717, 1.165) is 19.3 Å². The van der Waals surface area contributed by atoms with Crippen molar-refractivity contribution in [1.82, 2.24) is 39.7 Å².